The van der Waals surface area contributed by atoms with E-state index in [0.29, 0.717) is 32.7 Å². The predicted molar refractivity (Wildman–Crippen MR) is 95.2 cm³/mol. The molecule has 1 aromatic carbocycles. The van der Waals surface area contributed by atoms with Crippen LogP contribution in [-0.4, -0.2) is 43.4 Å². The van der Waals surface area contributed by atoms with Crippen molar-refractivity contribution >= 4 is 0 Å². The molecule has 1 heterocycles. The molecule has 1 aliphatic heterocycles. The van der Waals surface area contributed by atoms with E-state index in [4.69, 9.17) is 18.9 Å². The van der Waals surface area contributed by atoms with Gasteiger partial charge in [0.1, 0.15) is 11.9 Å². The lowest BCUT2D eigenvalue weighted by molar-refractivity contribution is -0.139. The van der Waals surface area contributed by atoms with Crippen LogP contribution in [0.4, 0.5) is 0 Å². The van der Waals surface area contributed by atoms with Crippen molar-refractivity contribution in [3.63, 3.8) is 0 Å². The van der Waals surface area contributed by atoms with Crippen LogP contribution in [0.3, 0.4) is 0 Å². The Bertz CT molecular complexity index is 570. The van der Waals surface area contributed by atoms with Crippen LogP contribution in [0, 0.1) is 11.8 Å². The quantitative estimate of drug-likeness (QED) is 0.578. The molecular weight excluding hydrogens is 320 g/mol. The summed E-state index contributed by atoms with van der Waals surface area (Å²) in [6.45, 7) is 5.46. The minimum Gasteiger partial charge on any atom is -0.497 e. The summed E-state index contributed by atoms with van der Waals surface area (Å²) in [4.78, 5) is 0. The minimum absolute atomic E-state index is 0.0410. The highest BCUT2D eigenvalue weighted by Gasteiger charge is 2.32. The van der Waals surface area contributed by atoms with Gasteiger partial charge in [0.25, 0.3) is 0 Å². The predicted octanol–water partition coefficient (Wildman–Crippen LogP) is 2.90. The SMILES string of the molecule is COc1ccc(COCCC#C[C@H](O)CC[C@H]2COC(C)(C)O2)cc1. The monoisotopic (exact) mass is 348 g/mol. The van der Waals surface area contributed by atoms with Crippen LogP contribution >= 0.6 is 0 Å². The van der Waals surface area contributed by atoms with Gasteiger partial charge in [-0.05, 0) is 44.4 Å². The molecular formula is C20H28O5. The number of ether oxygens (including phenoxy) is 4. The van der Waals surface area contributed by atoms with E-state index in [0.717, 1.165) is 17.7 Å². The highest BCUT2D eigenvalue weighted by Crippen LogP contribution is 2.25. The molecule has 0 spiro atoms. The minimum atomic E-state index is -0.631. The molecule has 0 radical (unpaired) electrons. The highest BCUT2D eigenvalue weighted by molar-refractivity contribution is 5.26. The second kappa shape index (κ2) is 9.79. The van der Waals surface area contributed by atoms with Gasteiger partial charge in [0, 0.05) is 6.42 Å². The second-order valence-corrected chi connectivity index (χ2v) is 6.52. The smallest absolute Gasteiger partial charge is 0.163 e. The Hall–Kier alpha value is -1.58. The molecule has 1 aliphatic rings. The lowest BCUT2D eigenvalue weighted by atomic mass is 10.1. The van der Waals surface area contributed by atoms with E-state index in [9.17, 15) is 5.11 Å². The third kappa shape index (κ3) is 7.45. The van der Waals surface area contributed by atoms with Crippen molar-refractivity contribution in [1.29, 1.82) is 0 Å². The first kappa shape index (κ1) is 19.7. The second-order valence-electron chi connectivity index (χ2n) is 6.52. The molecule has 25 heavy (non-hydrogen) atoms. The molecule has 0 aromatic heterocycles. The van der Waals surface area contributed by atoms with Crippen LogP contribution in [0.5, 0.6) is 5.75 Å². The summed E-state index contributed by atoms with van der Waals surface area (Å²) < 4.78 is 21.9. The van der Waals surface area contributed by atoms with Crippen molar-refractivity contribution in [3.05, 3.63) is 29.8 Å². The zero-order valence-corrected chi connectivity index (χ0v) is 15.3. The number of methoxy groups -OCH3 is 1. The molecule has 0 bridgehead atoms. The van der Waals surface area contributed by atoms with Gasteiger partial charge < -0.3 is 24.1 Å². The van der Waals surface area contributed by atoms with Gasteiger partial charge in [-0.2, -0.15) is 0 Å². The van der Waals surface area contributed by atoms with Crippen molar-refractivity contribution < 1.29 is 24.1 Å². The lowest BCUT2D eigenvalue weighted by Crippen LogP contribution is -2.22. The van der Waals surface area contributed by atoms with Gasteiger partial charge in [-0.25, -0.2) is 0 Å². The summed E-state index contributed by atoms with van der Waals surface area (Å²) in [6.07, 6.45) is 1.34. The van der Waals surface area contributed by atoms with Gasteiger partial charge in [0.2, 0.25) is 0 Å². The maximum atomic E-state index is 9.90. The van der Waals surface area contributed by atoms with Crippen LogP contribution in [0.1, 0.15) is 38.7 Å². The normalized spacial score (nSPS) is 19.9. The van der Waals surface area contributed by atoms with Gasteiger partial charge in [0.15, 0.2) is 5.79 Å². The van der Waals surface area contributed by atoms with E-state index in [1.165, 1.54) is 0 Å². The molecule has 1 saturated heterocycles. The third-order valence-electron chi connectivity index (χ3n) is 3.90. The first-order valence-electron chi connectivity index (χ1n) is 8.67. The Morgan fingerprint density at radius 1 is 1.32 bits per heavy atom. The number of benzene rings is 1. The average molecular weight is 348 g/mol. The molecule has 0 unspecified atom stereocenters. The maximum absolute atomic E-state index is 9.90. The summed E-state index contributed by atoms with van der Waals surface area (Å²) in [6, 6.07) is 7.78. The van der Waals surface area contributed by atoms with Gasteiger partial charge in [-0.15, -0.1) is 0 Å². The standard InChI is InChI=1S/C20H28O5/c1-20(2)24-15-19(25-20)12-9-17(21)6-4-5-13-23-14-16-7-10-18(22-3)11-8-16/h7-8,10-11,17,19,21H,5,9,12-15H2,1-3H3/t17-,19-/m0/s1. The van der Waals surface area contributed by atoms with Crippen LogP contribution in [0.25, 0.3) is 0 Å². The van der Waals surface area contributed by atoms with Crippen LogP contribution in [0.15, 0.2) is 24.3 Å². The molecule has 0 amide bonds. The van der Waals surface area contributed by atoms with Crippen LogP contribution < -0.4 is 4.74 Å². The third-order valence-corrected chi connectivity index (χ3v) is 3.90. The van der Waals surface area contributed by atoms with Gasteiger partial charge in [-0.1, -0.05) is 24.0 Å². The Morgan fingerprint density at radius 3 is 2.72 bits per heavy atom. The molecule has 0 saturated carbocycles. The van der Waals surface area contributed by atoms with E-state index in [1.54, 1.807) is 7.11 Å². The Labute approximate surface area is 150 Å². The Morgan fingerprint density at radius 2 is 2.08 bits per heavy atom. The summed E-state index contributed by atoms with van der Waals surface area (Å²) in [5, 5.41) is 9.90. The maximum Gasteiger partial charge on any atom is 0.163 e. The summed E-state index contributed by atoms with van der Waals surface area (Å²) in [7, 11) is 1.65. The van der Waals surface area contributed by atoms with Gasteiger partial charge >= 0.3 is 0 Å². The van der Waals surface area contributed by atoms with Gasteiger partial charge in [-0.3, -0.25) is 0 Å². The average Bonchev–Trinajstić information content (AvgIpc) is 2.95. The molecule has 1 N–H and O–H groups in total. The molecule has 138 valence electrons. The van der Waals surface area contributed by atoms with Gasteiger partial charge in [0.05, 0.1) is 33.0 Å². The molecule has 2 atom stereocenters. The molecule has 0 aliphatic carbocycles. The van der Waals surface area contributed by atoms with E-state index < -0.39 is 11.9 Å². The van der Waals surface area contributed by atoms with Crippen molar-refractivity contribution in [2.24, 2.45) is 0 Å². The largest absolute Gasteiger partial charge is 0.497 e. The zero-order chi connectivity index (χ0) is 18.1. The molecule has 1 fully saturated rings. The van der Waals surface area contributed by atoms with Crippen LogP contribution in [0.2, 0.25) is 0 Å². The summed E-state index contributed by atoms with van der Waals surface area (Å²) in [5.41, 5.74) is 1.09. The number of aliphatic hydroxyl groups excluding tert-OH is 1. The van der Waals surface area contributed by atoms with Crippen molar-refractivity contribution in [2.45, 2.75) is 57.7 Å². The Balaban J connectivity index is 1.55. The number of aliphatic hydroxyl groups is 1. The Kier molecular flexibility index (Phi) is 7.73. The summed E-state index contributed by atoms with van der Waals surface area (Å²) in [5.74, 6) is 6.14. The van der Waals surface area contributed by atoms with E-state index in [1.807, 2.05) is 38.1 Å². The number of hydrogen-bond acceptors (Lipinski definition) is 5. The molecule has 2 rings (SSSR count). The zero-order valence-electron chi connectivity index (χ0n) is 15.3. The van der Waals surface area contributed by atoms with Crippen molar-refractivity contribution in [3.8, 4) is 17.6 Å². The molecule has 5 nitrogen and oxygen atoms in total. The van der Waals surface area contributed by atoms with E-state index >= 15 is 0 Å². The fourth-order valence-corrected chi connectivity index (χ4v) is 2.55. The van der Waals surface area contributed by atoms with Crippen molar-refractivity contribution in [2.75, 3.05) is 20.3 Å². The first-order valence-corrected chi connectivity index (χ1v) is 8.67. The molecule has 5 heteroatoms. The topological polar surface area (TPSA) is 57.2 Å². The number of hydrogen-bond donors (Lipinski definition) is 1. The summed E-state index contributed by atoms with van der Waals surface area (Å²) >= 11 is 0. The van der Waals surface area contributed by atoms with E-state index in [-0.39, 0.29) is 6.10 Å². The molecule has 1 aromatic rings. The fourth-order valence-electron chi connectivity index (χ4n) is 2.55. The fraction of sp³-hybridized carbons (Fsp3) is 0.600. The first-order chi connectivity index (χ1) is 12.0. The van der Waals surface area contributed by atoms with Crippen LogP contribution in [-0.2, 0) is 20.8 Å². The highest BCUT2D eigenvalue weighted by atomic mass is 16.7. The number of rotatable bonds is 8. The van der Waals surface area contributed by atoms with Crippen molar-refractivity contribution in [1.82, 2.24) is 0 Å². The lowest BCUT2D eigenvalue weighted by Gasteiger charge is -2.17. The van der Waals surface area contributed by atoms with E-state index in [2.05, 4.69) is 11.8 Å².